The summed E-state index contributed by atoms with van der Waals surface area (Å²) < 4.78 is 0.857. The van der Waals surface area contributed by atoms with Gasteiger partial charge in [0.1, 0.15) is 0 Å². The number of nitrogens with one attached hydrogen (secondary N) is 1. The summed E-state index contributed by atoms with van der Waals surface area (Å²) in [5.41, 5.74) is 10.1. The minimum absolute atomic E-state index is 0.626. The fourth-order valence-corrected chi connectivity index (χ4v) is 2.07. The topological polar surface area (TPSA) is 61.8 Å². The highest BCUT2D eigenvalue weighted by atomic mass is 79.9. The molecule has 3 N–H and O–H groups in total. The summed E-state index contributed by atoms with van der Waals surface area (Å²) >= 11 is 3.44. The Hall–Kier alpha value is -1.99. The van der Waals surface area contributed by atoms with Crippen LogP contribution in [-0.2, 0) is 0 Å². The highest BCUT2D eigenvalue weighted by molar-refractivity contribution is 9.10. The minimum Gasteiger partial charge on any atom is -0.399 e. The number of nitriles is 1. The van der Waals surface area contributed by atoms with E-state index in [-0.39, 0.29) is 0 Å². The van der Waals surface area contributed by atoms with Gasteiger partial charge in [0, 0.05) is 15.8 Å². The van der Waals surface area contributed by atoms with Crippen molar-refractivity contribution in [1.29, 1.82) is 5.26 Å². The standard InChI is InChI=1S/C14H12BrN3/c1-9-6-11(3-4-13(9)17)18-14-5-2-10(8-16)7-12(14)15/h2-7,18H,17H2,1H3. The lowest BCUT2D eigenvalue weighted by Crippen LogP contribution is -1.95. The lowest BCUT2D eigenvalue weighted by atomic mass is 10.1. The smallest absolute Gasteiger partial charge is 0.0992 e. The van der Waals surface area contributed by atoms with Gasteiger partial charge in [-0.2, -0.15) is 5.26 Å². The van der Waals surface area contributed by atoms with E-state index in [4.69, 9.17) is 11.0 Å². The van der Waals surface area contributed by atoms with Crippen molar-refractivity contribution in [3.63, 3.8) is 0 Å². The molecule has 0 spiro atoms. The number of nitrogen functional groups attached to an aromatic ring is 1. The second-order valence-electron chi connectivity index (χ2n) is 4.00. The maximum absolute atomic E-state index is 8.80. The van der Waals surface area contributed by atoms with Crippen molar-refractivity contribution >= 4 is 33.0 Å². The van der Waals surface area contributed by atoms with Gasteiger partial charge >= 0.3 is 0 Å². The average molecular weight is 302 g/mol. The molecule has 90 valence electrons. The molecule has 0 unspecified atom stereocenters. The van der Waals surface area contributed by atoms with Gasteiger partial charge in [0.2, 0.25) is 0 Å². The summed E-state index contributed by atoms with van der Waals surface area (Å²) in [6.07, 6.45) is 0. The van der Waals surface area contributed by atoms with Gasteiger partial charge in [0.05, 0.1) is 17.3 Å². The molecule has 0 aromatic heterocycles. The number of aryl methyl sites for hydroxylation is 1. The fraction of sp³-hybridized carbons (Fsp3) is 0.0714. The van der Waals surface area contributed by atoms with Crippen LogP contribution in [0.5, 0.6) is 0 Å². The van der Waals surface area contributed by atoms with Crippen LogP contribution >= 0.6 is 15.9 Å². The number of anilines is 3. The van der Waals surface area contributed by atoms with Crippen molar-refractivity contribution in [2.45, 2.75) is 6.92 Å². The van der Waals surface area contributed by atoms with Crippen molar-refractivity contribution in [1.82, 2.24) is 0 Å². The predicted molar refractivity (Wildman–Crippen MR) is 77.7 cm³/mol. The monoisotopic (exact) mass is 301 g/mol. The van der Waals surface area contributed by atoms with Crippen LogP contribution < -0.4 is 11.1 Å². The number of benzene rings is 2. The average Bonchev–Trinajstić information content (AvgIpc) is 2.36. The van der Waals surface area contributed by atoms with Gasteiger partial charge in [0.25, 0.3) is 0 Å². The van der Waals surface area contributed by atoms with Crippen LogP contribution in [0.3, 0.4) is 0 Å². The largest absolute Gasteiger partial charge is 0.399 e. The van der Waals surface area contributed by atoms with E-state index in [9.17, 15) is 0 Å². The highest BCUT2D eigenvalue weighted by Gasteiger charge is 2.03. The minimum atomic E-state index is 0.626. The molecule has 3 nitrogen and oxygen atoms in total. The predicted octanol–water partition coefficient (Wildman–Crippen LogP) is 3.96. The second-order valence-corrected chi connectivity index (χ2v) is 4.86. The summed E-state index contributed by atoms with van der Waals surface area (Å²) in [4.78, 5) is 0. The normalized spacial score (nSPS) is 9.83. The fourth-order valence-electron chi connectivity index (χ4n) is 1.59. The summed E-state index contributed by atoms with van der Waals surface area (Å²) in [6, 6.07) is 13.3. The summed E-state index contributed by atoms with van der Waals surface area (Å²) in [5.74, 6) is 0. The molecule has 2 rings (SSSR count). The maximum atomic E-state index is 8.80. The molecule has 4 heteroatoms. The van der Waals surface area contributed by atoms with Crippen molar-refractivity contribution in [3.05, 3.63) is 52.0 Å². The van der Waals surface area contributed by atoms with E-state index in [0.29, 0.717) is 5.56 Å². The first-order chi connectivity index (χ1) is 8.60. The Morgan fingerprint density at radius 1 is 1.22 bits per heavy atom. The van der Waals surface area contributed by atoms with Crippen LogP contribution in [0.2, 0.25) is 0 Å². The Morgan fingerprint density at radius 2 is 2.00 bits per heavy atom. The van der Waals surface area contributed by atoms with E-state index in [1.165, 1.54) is 0 Å². The molecule has 0 saturated heterocycles. The lowest BCUT2D eigenvalue weighted by Gasteiger charge is -2.10. The first-order valence-electron chi connectivity index (χ1n) is 5.43. The Bertz CT molecular complexity index is 629. The number of halogens is 1. The van der Waals surface area contributed by atoms with E-state index in [0.717, 1.165) is 27.1 Å². The number of nitrogens with two attached hydrogens (primary N) is 1. The molecular weight excluding hydrogens is 290 g/mol. The van der Waals surface area contributed by atoms with E-state index in [2.05, 4.69) is 27.3 Å². The number of rotatable bonds is 2. The third-order valence-electron chi connectivity index (χ3n) is 2.65. The number of nitrogens with zero attached hydrogens (tertiary/aromatic N) is 1. The van der Waals surface area contributed by atoms with Gasteiger partial charge < -0.3 is 11.1 Å². The number of hydrogen-bond donors (Lipinski definition) is 2. The molecule has 0 atom stereocenters. The molecule has 0 saturated carbocycles. The van der Waals surface area contributed by atoms with Gasteiger partial charge in [-0.3, -0.25) is 0 Å². The Labute approximate surface area is 114 Å². The second kappa shape index (κ2) is 5.11. The SMILES string of the molecule is Cc1cc(Nc2ccc(C#N)cc2Br)ccc1N. The van der Waals surface area contributed by atoms with Crippen LogP contribution in [0.4, 0.5) is 17.1 Å². The van der Waals surface area contributed by atoms with Crippen molar-refractivity contribution < 1.29 is 0 Å². The van der Waals surface area contributed by atoms with Gasteiger partial charge in [-0.1, -0.05) is 0 Å². The first kappa shape index (κ1) is 12.5. The van der Waals surface area contributed by atoms with Crippen LogP contribution in [-0.4, -0.2) is 0 Å². The van der Waals surface area contributed by atoms with Crippen LogP contribution in [0.25, 0.3) is 0 Å². The van der Waals surface area contributed by atoms with Gasteiger partial charge in [-0.15, -0.1) is 0 Å². The van der Waals surface area contributed by atoms with Gasteiger partial charge in [0.15, 0.2) is 0 Å². The van der Waals surface area contributed by atoms with Crippen molar-refractivity contribution in [2.75, 3.05) is 11.1 Å². The Morgan fingerprint density at radius 3 is 2.61 bits per heavy atom. The molecule has 2 aromatic rings. The third-order valence-corrected chi connectivity index (χ3v) is 3.30. The lowest BCUT2D eigenvalue weighted by molar-refractivity contribution is 1.43. The molecule has 0 aliphatic rings. The third kappa shape index (κ3) is 2.63. The maximum Gasteiger partial charge on any atom is 0.0992 e. The van der Waals surface area contributed by atoms with Crippen LogP contribution in [0.15, 0.2) is 40.9 Å². The molecule has 0 amide bonds. The molecule has 0 heterocycles. The Balaban J connectivity index is 2.29. The highest BCUT2D eigenvalue weighted by Crippen LogP contribution is 2.28. The molecular formula is C14H12BrN3. The molecule has 0 aliphatic heterocycles. The van der Waals surface area contributed by atoms with E-state index in [1.54, 1.807) is 12.1 Å². The molecule has 18 heavy (non-hydrogen) atoms. The van der Waals surface area contributed by atoms with E-state index < -0.39 is 0 Å². The summed E-state index contributed by atoms with van der Waals surface area (Å²) in [6.45, 7) is 1.97. The number of hydrogen-bond acceptors (Lipinski definition) is 3. The van der Waals surface area contributed by atoms with E-state index >= 15 is 0 Å². The van der Waals surface area contributed by atoms with Crippen molar-refractivity contribution in [3.8, 4) is 6.07 Å². The van der Waals surface area contributed by atoms with Gasteiger partial charge in [-0.05, 0) is 64.8 Å². The zero-order chi connectivity index (χ0) is 13.1. The zero-order valence-electron chi connectivity index (χ0n) is 9.87. The molecule has 0 fully saturated rings. The Kier molecular flexibility index (Phi) is 3.54. The quantitative estimate of drug-likeness (QED) is 0.826. The van der Waals surface area contributed by atoms with Crippen LogP contribution in [0.1, 0.15) is 11.1 Å². The molecule has 0 aliphatic carbocycles. The molecule has 2 aromatic carbocycles. The first-order valence-corrected chi connectivity index (χ1v) is 6.22. The van der Waals surface area contributed by atoms with Crippen molar-refractivity contribution in [2.24, 2.45) is 0 Å². The van der Waals surface area contributed by atoms with E-state index in [1.807, 2.05) is 31.2 Å². The summed E-state index contributed by atoms with van der Waals surface area (Å²) in [5, 5.41) is 12.1. The molecule has 0 radical (unpaired) electrons. The summed E-state index contributed by atoms with van der Waals surface area (Å²) in [7, 11) is 0. The van der Waals surface area contributed by atoms with Crippen LogP contribution in [0, 0.1) is 18.3 Å². The molecule has 0 bridgehead atoms. The van der Waals surface area contributed by atoms with Gasteiger partial charge in [-0.25, -0.2) is 0 Å². The zero-order valence-corrected chi connectivity index (χ0v) is 11.5.